The number of ether oxygens (including phenoxy) is 1. The molecular weight excluding hydrogens is 282 g/mol. The van der Waals surface area contributed by atoms with Gasteiger partial charge in [0.1, 0.15) is 0 Å². The zero-order chi connectivity index (χ0) is 12.3. The first-order valence-corrected chi connectivity index (χ1v) is 6.52. The van der Waals surface area contributed by atoms with Crippen LogP contribution in [-0.2, 0) is 14.9 Å². The van der Waals surface area contributed by atoms with Crippen LogP contribution >= 0.6 is 15.9 Å². The van der Waals surface area contributed by atoms with Crippen LogP contribution in [0.1, 0.15) is 18.4 Å². The van der Waals surface area contributed by atoms with Gasteiger partial charge >= 0.3 is 0 Å². The van der Waals surface area contributed by atoms with E-state index >= 15 is 0 Å². The molecular formula is C13H16BrNO2. The van der Waals surface area contributed by atoms with Gasteiger partial charge in [-0.2, -0.15) is 0 Å². The molecule has 1 saturated carbocycles. The van der Waals surface area contributed by atoms with Gasteiger partial charge in [0.05, 0.1) is 12.0 Å². The number of amides is 1. The summed E-state index contributed by atoms with van der Waals surface area (Å²) in [6, 6.07) is 8.01. The van der Waals surface area contributed by atoms with Gasteiger partial charge in [0, 0.05) is 18.1 Å². The monoisotopic (exact) mass is 297 g/mol. The summed E-state index contributed by atoms with van der Waals surface area (Å²) in [6.07, 6.45) is 1.88. The molecule has 1 aromatic rings. The van der Waals surface area contributed by atoms with E-state index in [1.165, 1.54) is 0 Å². The first-order chi connectivity index (χ1) is 8.19. The van der Waals surface area contributed by atoms with E-state index in [1.54, 1.807) is 7.11 Å². The summed E-state index contributed by atoms with van der Waals surface area (Å²) in [5.74, 6) is 0.122. The highest BCUT2D eigenvalue weighted by atomic mass is 79.9. The van der Waals surface area contributed by atoms with Crippen LogP contribution in [-0.4, -0.2) is 26.2 Å². The van der Waals surface area contributed by atoms with E-state index in [0.29, 0.717) is 13.2 Å². The van der Waals surface area contributed by atoms with Crippen molar-refractivity contribution in [3.8, 4) is 0 Å². The third kappa shape index (κ3) is 2.69. The average Bonchev–Trinajstić information content (AvgIpc) is 3.11. The second-order valence-electron chi connectivity index (χ2n) is 4.34. The molecule has 3 nitrogen and oxygen atoms in total. The molecule has 0 radical (unpaired) electrons. The third-order valence-electron chi connectivity index (χ3n) is 3.17. The van der Waals surface area contributed by atoms with Gasteiger partial charge in [-0.25, -0.2) is 0 Å². The Morgan fingerprint density at radius 2 is 2.06 bits per heavy atom. The molecule has 1 N–H and O–H groups in total. The lowest BCUT2D eigenvalue weighted by Crippen LogP contribution is -2.36. The highest BCUT2D eigenvalue weighted by Crippen LogP contribution is 2.48. The van der Waals surface area contributed by atoms with Crippen LogP contribution in [0.15, 0.2) is 28.7 Å². The maximum absolute atomic E-state index is 12.1. The minimum atomic E-state index is -0.283. The number of carbonyl (C=O) groups is 1. The molecule has 0 aromatic heterocycles. The predicted molar refractivity (Wildman–Crippen MR) is 69.9 cm³/mol. The molecule has 1 aromatic carbocycles. The second-order valence-corrected chi connectivity index (χ2v) is 5.25. The molecule has 0 bridgehead atoms. The van der Waals surface area contributed by atoms with Crippen molar-refractivity contribution in [3.05, 3.63) is 34.3 Å². The van der Waals surface area contributed by atoms with Crippen molar-refractivity contribution >= 4 is 21.8 Å². The topological polar surface area (TPSA) is 38.3 Å². The summed E-state index contributed by atoms with van der Waals surface area (Å²) in [7, 11) is 1.63. The van der Waals surface area contributed by atoms with Crippen molar-refractivity contribution in [2.24, 2.45) is 0 Å². The fourth-order valence-electron chi connectivity index (χ4n) is 1.98. The van der Waals surface area contributed by atoms with E-state index in [1.807, 2.05) is 24.3 Å². The third-order valence-corrected chi connectivity index (χ3v) is 3.70. The molecule has 0 saturated heterocycles. The zero-order valence-electron chi connectivity index (χ0n) is 9.83. The fourth-order valence-corrected chi connectivity index (χ4v) is 2.24. The van der Waals surface area contributed by atoms with Gasteiger partial charge in [-0.1, -0.05) is 28.1 Å². The van der Waals surface area contributed by atoms with Crippen molar-refractivity contribution in [3.63, 3.8) is 0 Å². The van der Waals surface area contributed by atoms with Gasteiger partial charge in [-0.05, 0) is 30.5 Å². The normalized spacial score (nSPS) is 16.6. The van der Waals surface area contributed by atoms with Crippen molar-refractivity contribution in [1.82, 2.24) is 5.32 Å². The van der Waals surface area contributed by atoms with Gasteiger partial charge in [-0.3, -0.25) is 4.79 Å². The molecule has 1 aliphatic carbocycles. The number of benzene rings is 1. The van der Waals surface area contributed by atoms with Crippen LogP contribution in [0.25, 0.3) is 0 Å². The lowest BCUT2D eigenvalue weighted by molar-refractivity contribution is -0.123. The molecule has 4 heteroatoms. The molecule has 1 aliphatic rings. The van der Waals surface area contributed by atoms with Crippen LogP contribution < -0.4 is 5.32 Å². The maximum Gasteiger partial charge on any atom is 0.230 e. The number of methoxy groups -OCH3 is 1. The van der Waals surface area contributed by atoms with Gasteiger partial charge in [0.25, 0.3) is 0 Å². The lowest BCUT2D eigenvalue weighted by Gasteiger charge is -2.15. The van der Waals surface area contributed by atoms with Crippen LogP contribution in [0.4, 0.5) is 0 Å². The Morgan fingerprint density at radius 3 is 2.59 bits per heavy atom. The van der Waals surface area contributed by atoms with Gasteiger partial charge in [0.15, 0.2) is 0 Å². The van der Waals surface area contributed by atoms with Crippen LogP contribution in [0, 0.1) is 0 Å². The Kier molecular flexibility index (Phi) is 3.84. The lowest BCUT2D eigenvalue weighted by atomic mass is 9.95. The number of hydrogen-bond donors (Lipinski definition) is 1. The van der Waals surface area contributed by atoms with E-state index in [0.717, 1.165) is 22.9 Å². The average molecular weight is 298 g/mol. The van der Waals surface area contributed by atoms with E-state index in [4.69, 9.17) is 4.74 Å². The Labute approximate surface area is 110 Å². The molecule has 0 aliphatic heterocycles. The fraction of sp³-hybridized carbons (Fsp3) is 0.462. The van der Waals surface area contributed by atoms with Crippen molar-refractivity contribution in [2.75, 3.05) is 20.3 Å². The quantitative estimate of drug-likeness (QED) is 0.847. The first kappa shape index (κ1) is 12.6. The molecule has 1 amide bonds. The van der Waals surface area contributed by atoms with Gasteiger partial charge in [-0.15, -0.1) is 0 Å². The zero-order valence-corrected chi connectivity index (χ0v) is 11.4. The first-order valence-electron chi connectivity index (χ1n) is 5.72. The summed E-state index contributed by atoms with van der Waals surface area (Å²) in [4.78, 5) is 12.1. The van der Waals surface area contributed by atoms with Gasteiger partial charge in [0.2, 0.25) is 5.91 Å². The van der Waals surface area contributed by atoms with Crippen LogP contribution in [0.3, 0.4) is 0 Å². The Morgan fingerprint density at radius 1 is 1.41 bits per heavy atom. The van der Waals surface area contributed by atoms with Crippen molar-refractivity contribution in [1.29, 1.82) is 0 Å². The SMILES string of the molecule is COCCNC(=O)C1(c2ccc(Br)cc2)CC1. The highest BCUT2D eigenvalue weighted by molar-refractivity contribution is 9.10. The Hall–Kier alpha value is -0.870. The van der Waals surface area contributed by atoms with E-state index < -0.39 is 0 Å². The summed E-state index contributed by atoms with van der Waals surface area (Å²) < 4.78 is 5.96. The van der Waals surface area contributed by atoms with Crippen molar-refractivity contribution < 1.29 is 9.53 Å². The molecule has 0 atom stereocenters. The number of carbonyl (C=O) groups excluding carboxylic acids is 1. The minimum absolute atomic E-state index is 0.122. The minimum Gasteiger partial charge on any atom is -0.383 e. The summed E-state index contributed by atoms with van der Waals surface area (Å²) in [6.45, 7) is 1.13. The highest BCUT2D eigenvalue weighted by Gasteiger charge is 2.50. The summed E-state index contributed by atoms with van der Waals surface area (Å²) >= 11 is 3.40. The second kappa shape index (κ2) is 5.19. The summed E-state index contributed by atoms with van der Waals surface area (Å²) in [5, 5.41) is 2.92. The van der Waals surface area contributed by atoms with E-state index in [2.05, 4.69) is 21.2 Å². The standard InChI is InChI=1S/C13H16BrNO2/c1-17-9-8-15-12(16)13(6-7-13)10-2-4-11(14)5-3-10/h2-5H,6-9H2,1H3,(H,15,16). The van der Waals surface area contributed by atoms with Crippen LogP contribution in [0.5, 0.6) is 0 Å². The molecule has 0 unspecified atom stereocenters. The number of nitrogens with one attached hydrogen (secondary N) is 1. The molecule has 17 heavy (non-hydrogen) atoms. The Bertz CT molecular complexity index is 398. The molecule has 0 heterocycles. The number of hydrogen-bond acceptors (Lipinski definition) is 2. The van der Waals surface area contributed by atoms with Crippen molar-refractivity contribution in [2.45, 2.75) is 18.3 Å². The Balaban J connectivity index is 2.03. The molecule has 2 rings (SSSR count). The molecule has 1 fully saturated rings. The molecule has 0 spiro atoms. The molecule has 92 valence electrons. The number of halogens is 1. The maximum atomic E-state index is 12.1. The summed E-state index contributed by atoms with van der Waals surface area (Å²) in [5.41, 5.74) is 0.824. The smallest absolute Gasteiger partial charge is 0.230 e. The van der Waals surface area contributed by atoms with E-state index in [-0.39, 0.29) is 11.3 Å². The van der Waals surface area contributed by atoms with Gasteiger partial charge < -0.3 is 10.1 Å². The largest absolute Gasteiger partial charge is 0.383 e. The predicted octanol–water partition coefficient (Wildman–Crippen LogP) is 2.24. The van der Waals surface area contributed by atoms with Crippen LogP contribution in [0.2, 0.25) is 0 Å². The number of rotatable bonds is 5. The van der Waals surface area contributed by atoms with E-state index in [9.17, 15) is 4.79 Å².